The van der Waals surface area contributed by atoms with Gasteiger partial charge in [-0.2, -0.15) is 0 Å². The van der Waals surface area contributed by atoms with Crippen LogP contribution in [0.2, 0.25) is 0 Å². The zero-order valence-electron chi connectivity index (χ0n) is 11.4. The highest BCUT2D eigenvalue weighted by molar-refractivity contribution is 5.75. The summed E-state index contributed by atoms with van der Waals surface area (Å²) in [4.78, 5) is 13.7. The molecule has 3 nitrogen and oxygen atoms in total. The molecule has 2 rings (SSSR count). The predicted octanol–water partition coefficient (Wildman–Crippen LogP) is 2.57. The Morgan fingerprint density at radius 2 is 2.16 bits per heavy atom. The molecule has 1 amide bonds. The van der Waals surface area contributed by atoms with E-state index in [1.807, 2.05) is 19.1 Å². The van der Waals surface area contributed by atoms with Gasteiger partial charge in [0.25, 0.3) is 0 Å². The van der Waals surface area contributed by atoms with Gasteiger partial charge in [-0.3, -0.25) is 4.79 Å². The Morgan fingerprint density at radius 3 is 2.84 bits per heavy atom. The monoisotopic (exact) mass is 264 g/mol. The molecule has 0 radical (unpaired) electrons. The second-order valence-electron chi connectivity index (χ2n) is 5.13. The van der Waals surface area contributed by atoms with Crippen LogP contribution in [0.4, 0.5) is 10.1 Å². The van der Waals surface area contributed by atoms with E-state index in [1.54, 1.807) is 0 Å². The molecule has 1 atom stereocenters. The van der Waals surface area contributed by atoms with Gasteiger partial charge in [0.1, 0.15) is 5.82 Å². The fourth-order valence-corrected chi connectivity index (χ4v) is 2.46. The van der Waals surface area contributed by atoms with Gasteiger partial charge in [-0.25, -0.2) is 4.39 Å². The third-order valence-electron chi connectivity index (χ3n) is 3.54. The Morgan fingerprint density at radius 1 is 1.42 bits per heavy atom. The number of nitrogens with one attached hydrogen (secondary N) is 1. The van der Waals surface area contributed by atoms with Crippen LogP contribution >= 0.6 is 0 Å². The van der Waals surface area contributed by atoms with Gasteiger partial charge in [-0.15, -0.1) is 0 Å². The maximum absolute atomic E-state index is 12.9. The molecule has 0 aliphatic carbocycles. The molecule has 19 heavy (non-hydrogen) atoms. The molecule has 1 aromatic carbocycles. The molecule has 1 aliphatic rings. The average molecular weight is 264 g/mol. The van der Waals surface area contributed by atoms with Crippen molar-refractivity contribution in [2.45, 2.75) is 26.2 Å². The highest BCUT2D eigenvalue weighted by atomic mass is 19.1. The number of halogens is 1. The Labute approximate surface area is 113 Å². The van der Waals surface area contributed by atoms with Crippen molar-refractivity contribution in [2.75, 3.05) is 24.5 Å². The lowest BCUT2D eigenvalue weighted by Gasteiger charge is -2.18. The third kappa shape index (κ3) is 3.94. The summed E-state index contributed by atoms with van der Waals surface area (Å²) >= 11 is 0. The molecule has 1 aromatic rings. The van der Waals surface area contributed by atoms with Gasteiger partial charge in [-0.05, 0) is 43.0 Å². The van der Waals surface area contributed by atoms with Crippen LogP contribution in [0.5, 0.6) is 0 Å². The minimum Gasteiger partial charge on any atom is -0.371 e. The van der Waals surface area contributed by atoms with E-state index in [-0.39, 0.29) is 11.7 Å². The molecule has 1 saturated heterocycles. The van der Waals surface area contributed by atoms with Crippen LogP contribution in [-0.4, -0.2) is 25.5 Å². The summed E-state index contributed by atoms with van der Waals surface area (Å²) in [6.07, 6.45) is 2.57. The van der Waals surface area contributed by atoms with E-state index in [0.717, 1.165) is 38.2 Å². The van der Waals surface area contributed by atoms with E-state index < -0.39 is 0 Å². The fourth-order valence-electron chi connectivity index (χ4n) is 2.46. The Kier molecular flexibility index (Phi) is 4.77. The van der Waals surface area contributed by atoms with Crippen molar-refractivity contribution >= 4 is 11.6 Å². The van der Waals surface area contributed by atoms with Crippen molar-refractivity contribution in [3.63, 3.8) is 0 Å². The van der Waals surface area contributed by atoms with E-state index >= 15 is 0 Å². The minimum absolute atomic E-state index is 0.141. The van der Waals surface area contributed by atoms with Crippen LogP contribution in [0, 0.1) is 11.7 Å². The molecular weight excluding hydrogens is 243 g/mol. The number of hydrogen-bond donors (Lipinski definition) is 1. The van der Waals surface area contributed by atoms with Crippen molar-refractivity contribution in [2.24, 2.45) is 5.92 Å². The quantitative estimate of drug-likeness (QED) is 0.886. The number of nitrogens with zero attached hydrogens (tertiary/aromatic N) is 1. The standard InChI is InChI=1S/C15H21FN2O/c1-2-3-15(19)17-10-12-8-9-18(11-12)14-6-4-13(16)5-7-14/h4-7,12H,2-3,8-11H2,1H3,(H,17,19). The SMILES string of the molecule is CCCC(=O)NCC1CCN(c2ccc(F)cc2)C1. The van der Waals surface area contributed by atoms with Gasteiger partial charge in [0.15, 0.2) is 0 Å². The van der Waals surface area contributed by atoms with Gasteiger partial charge in [0.05, 0.1) is 0 Å². The Bertz CT molecular complexity index is 419. The number of anilines is 1. The zero-order valence-corrected chi connectivity index (χ0v) is 11.4. The van der Waals surface area contributed by atoms with Crippen LogP contribution in [0.3, 0.4) is 0 Å². The lowest BCUT2D eigenvalue weighted by molar-refractivity contribution is -0.121. The Hall–Kier alpha value is -1.58. The topological polar surface area (TPSA) is 32.3 Å². The molecule has 0 bridgehead atoms. The van der Waals surface area contributed by atoms with Gasteiger partial charge >= 0.3 is 0 Å². The summed E-state index contributed by atoms with van der Waals surface area (Å²) < 4.78 is 12.9. The number of rotatable bonds is 5. The maximum atomic E-state index is 12.9. The average Bonchev–Trinajstić information content (AvgIpc) is 2.86. The Balaban J connectivity index is 1.80. The first-order valence-electron chi connectivity index (χ1n) is 6.96. The molecule has 1 unspecified atom stereocenters. The van der Waals surface area contributed by atoms with Gasteiger partial charge in [-0.1, -0.05) is 6.92 Å². The van der Waals surface area contributed by atoms with Crippen molar-refractivity contribution in [1.82, 2.24) is 5.32 Å². The molecular formula is C15H21FN2O. The van der Waals surface area contributed by atoms with Gasteiger partial charge in [0.2, 0.25) is 5.91 Å². The normalized spacial score (nSPS) is 18.6. The van der Waals surface area contributed by atoms with Crippen LogP contribution < -0.4 is 10.2 Å². The summed E-state index contributed by atoms with van der Waals surface area (Å²) in [5.41, 5.74) is 1.06. The van der Waals surface area contributed by atoms with E-state index in [0.29, 0.717) is 12.3 Å². The molecule has 4 heteroatoms. The second kappa shape index (κ2) is 6.55. The summed E-state index contributed by atoms with van der Waals surface area (Å²) in [6, 6.07) is 6.61. The molecule has 0 aromatic heterocycles. The highest BCUT2D eigenvalue weighted by Crippen LogP contribution is 2.23. The number of carbonyl (C=O) groups is 1. The van der Waals surface area contributed by atoms with Crippen LogP contribution in [0.25, 0.3) is 0 Å². The molecule has 0 spiro atoms. The lowest BCUT2D eigenvalue weighted by atomic mass is 10.1. The minimum atomic E-state index is -0.202. The summed E-state index contributed by atoms with van der Waals surface area (Å²) in [7, 11) is 0. The molecule has 104 valence electrons. The predicted molar refractivity (Wildman–Crippen MR) is 74.6 cm³/mol. The summed E-state index contributed by atoms with van der Waals surface area (Å²) in [5, 5.41) is 2.98. The molecule has 1 fully saturated rings. The first-order chi connectivity index (χ1) is 9.19. The van der Waals surface area contributed by atoms with Crippen molar-refractivity contribution in [1.29, 1.82) is 0 Å². The molecule has 1 heterocycles. The van der Waals surface area contributed by atoms with Gasteiger partial charge < -0.3 is 10.2 Å². The van der Waals surface area contributed by atoms with Crippen LogP contribution in [-0.2, 0) is 4.79 Å². The number of hydrogen-bond acceptors (Lipinski definition) is 2. The smallest absolute Gasteiger partial charge is 0.219 e. The lowest BCUT2D eigenvalue weighted by Crippen LogP contribution is -2.30. The number of benzene rings is 1. The number of carbonyl (C=O) groups excluding carboxylic acids is 1. The molecule has 1 aliphatic heterocycles. The first-order valence-corrected chi connectivity index (χ1v) is 6.96. The zero-order chi connectivity index (χ0) is 13.7. The second-order valence-corrected chi connectivity index (χ2v) is 5.13. The van der Waals surface area contributed by atoms with Crippen molar-refractivity contribution in [3.8, 4) is 0 Å². The fraction of sp³-hybridized carbons (Fsp3) is 0.533. The summed E-state index contributed by atoms with van der Waals surface area (Å²) in [6.45, 7) is 4.65. The van der Waals surface area contributed by atoms with E-state index in [1.165, 1.54) is 12.1 Å². The van der Waals surface area contributed by atoms with Crippen LogP contribution in [0.1, 0.15) is 26.2 Å². The molecule has 1 N–H and O–H groups in total. The highest BCUT2D eigenvalue weighted by Gasteiger charge is 2.22. The van der Waals surface area contributed by atoms with E-state index in [9.17, 15) is 9.18 Å². The van der Waals surface area contributed by atoms with Gasteiger partial charge in [0, 0.05) is 31.7 Å². The first kappa shape index (κ1) is 13.8. The van der Waals surface area contributed by atoms with E-state index in [2.05, 4.69) is 10.2 Å². The van der Waals surface area contributed by atoms with Crippen LogP contribution in [0.15, 0.2) is 24.3 Å². The third-order valence-corrected chi connectivity index (χ3v) is 3.54. The van der Waals surface area contributed by atoms with E-state index in [4.69, 9.17) is 0 Å². The molecule has 0 saturated carbocycles. The largest absolute Gasteiger partial charge is 0.371 e. The van der Waals surface area contributed by atoms with Crippen molar-refractivity contribution < 1.29 is 9.18 Å². The number of amides is 1. The maximum Gasteiger partial charge on any atom is 0.219 e. The summed E-state index contributed by atoms with van der Waals surface area (Å²) in [5.74, 6) is 0.430. The van der Waals surface area contributed by atoms with Crippen molar-refractivity contribution in [3.05, 3.63) is 30.1 Å².